The Morgan fingerprint density at radius 3 is 1.83 bits per heavy atom. The van der Waals surface area contributed by atoms with Crippen molar-refractivity contribution in [2.24, 2.45) is 0 Å². The van der Waals surface area contributed by atoms with Crippen molar-refractivity contribution in [3.8, 4) is 11.1 Å². The monoisotopic (exact) mass is 404 g/mol. The molecule has 0 N–H and O–H groups in total. The van der Waals surface area contributed by atoms with E-state index < -0.39 is 0 Å². The van der Waals surface area contributed by atoms with Crippen LogP contribution in [0.3, 0.4) is 0 Å². The van der Waals surface area contributed by atoms with E-state index in [1.54, 1.807) is 0 Å². The maximum atomic E-state index is 4.93. The summed E-state index contributed by atoms with van der Waals surface area (Å²) in [5.74, 6) is 0. The second-order valence-electron chi connectivity index (χ2n) is 6.65. The molecule has 2 aromatic rings. The molecule has 0 aliphatic heterocycles. The molecule has 0 saturated carbocycles. The molecule has 1 aromatic heterocycles. The van der Waals surface area contributed by atoms with E-state index in [0.717, 1.165) is 12.8 Å². The number of benzene rings is 1. The smallest absolute Gasteiger partial charge is 0.0703 e. The molecule has 0 saturated heterocycles. The second-order valence-corrected chi connectivity index (χ2v) is 6.65. The summed E-state index contributed by atoms with van der Waals surface area (Å²) in [4.78, 5) is 0. The van der Waals surface area contributed by atoms with Gasteiger partial charge in [-0.15, -0.1) is 0 Å². The molecule has 1 aromatic carbocycles. The van der Waals surface area contributed by atoms with Gasteiger partial charge in [0, 0.05) is 37.7 Å². The van der Waals surface area contributed by atoms with Gasteiger partial charge in [-0.25, -0.2) is 0 Å². The molecular weight excluding hydrogens is 375 g/mol. The quantitative estimate of drug-likeness (QED) is 0.616. The van der Waals surface area contributed by atoms with Crippen molar-refractivity contribution in [2.75, 3.05) is 0 Å². The molecule has 130 valence electrons. The molecule has 0 spiro atoms. The van der Waals surface area contributed by atoms with Gasteiger partial charge in [0.2, 0.25) is 0 Å². The fourth-order valence-corrected chi connectivity index (χ4v) is 3.42. The fourth-order valence-electron chi connectivity index (χ4n) is 3.42. The molecule has 23 heavy (non-hydrogen) atoms. The molecule has 0 amide bonds. The topological polar surface area (TPSA) is 17.8 Å². The van der Waals surface area contributed by atoms with Gasteiger partial charge in [0.25, 0.3) is 0 Å². The number of hydrogen-bond donors (Lipinski definition) is 0. The first-order valence-corrected chi connectivity index (χ1v) is 8.51. The summed E-state index contributed by atoms with van der Waals surface area (Å²) >= 11 is 0. The van der Waals surface area contributed by atoms with Crippen LogP contribution in [0, 0.1) is 27.7 Å². The Balaban J connectivity index is 0.00000264. The Labute approximate surface area is 155 Å². The summed E-state index contributed by atoms with van der Waals surface area (Å²) in [6.45, 7) is 17.8. The van der Waals surface area contributed by atoms with E-state index in [9.17, 15) is 0 Å². The van der Waals surface area contributed by atoms with Crippen molar-refractivity contribution in [2.45, 2.75) is 74.3 Å². The molecule has 0 fully saturated rings. The van der Waals surface area contributed by atoms with Crippen LogP contribution < -0.4 is 0 Å². The summed E-state index contributed by atoms with van der Waals surface area (Å²) in [7, 11) is 0. The number of hydrogen-bond acceptors (Lipinski definition) is 1. The van der Waals surface area contributed by atoms with Crippen molar-refractivity contribution in [3.63, 3.8) is 0 Å². The van der Waals surface area contributed by atoms with Crippen LogP contribution in [-0.4, -0.2) is 9.78 Å². The van der Waals surface area contributed by atoms with Crippen molar-refractivity contribution in [3.05, 3.63) is 39.7 Å². The Morgan fingerprint density at radius 1 is 0.913 bits per heavy atom. The van der Waals surface area contributed by atoms with Gasteiger partial charge in [-0.1, -0.05) is 19.9 Å². The van der Waals surface area contributed by atoms with E-state index in [4.69, 9.17) is 5.10 Å². The van der Waals surface area contributed by atoms with Crippen LogP contribution in [0.2, 0.25) is 0 Å². The molecule has 0 atom stereocenters. The van der Waals surface area contributed by atoms with Crippen LogP contribution >= 0.6 is 0 Å². The average Bonchev–Trinajstić information content (AvgIpc) is 2.84. The van der Waals surface area contributed by atoms with Crippen LogP contribution in [0.25, 0.3) is 11.1 Å². The Kier molecular flexibility index (Phi) is 6.81. The number of aryl methyl sites for hydroxylation is 3. The maximum Gasteiger partial charge on any atom is 0.0703 e. The Hall–Kier alpha value is -0.908. The van der Waals surface area contributed by atoms with Gasteiger partial charge in [0.1, 0.15) is 0 Å². The first-order chi connectivity index (χ1) is 10.3. The van der Waals surface area contributed by atoms with Crippen LogP contribution in [0.4, 0.5) is 0 Å². The average molecular weight is 405 g/mol. The molecule has 0 aliphatic carbocycles. The molecule has 1 heterocycles. The van der Waals surface area contributed by atoms with Crippen LogP contribution in [0.15, 0.2) is 6.07 Å². The van der Waals surface area contributed by atoms with Crippen LogP contribution in [-0.2, 0) is 33.3 Å². The predicted molar refractivity (Wildman–Crippen MR) is 95.8 cm³/mol. The molecule has 0 bridgehead atoms. The third kappa shape index (κ3) is 3.47. The van der Waals surface area contributed by atoms with E-state index in [0.29, 0.717) is 6.04 Å². The molecule has 2 rings (SSSR count). The van der Waals surface area contributed by atoms with Gasteiger partial charge in [0.05, 0.1) is 5.69 Å². The van der Waals surface area contributed by atoms with Gasteiger partial charge in [-0.05, 0) is 82.2 Å². The zero-order valence-corrected chi connectivity index (χ0v) is 17.3. The first kappa shape index (κ1) is 20.1. The molecule has 3 heteroatoms. The van der Waals surface area contributed by atoms with Gasteiger partial charge < -0.3 is 0 Å². The van der Waals surface area contributed by atoms with E-state index >= 15 is 0 Å². The van der Waals surface area contributed by atoms with Gasteiger partial charge in [-0.3, -0.25) is 4.68 Å². The van der Waals surface area contributed by atoms with Gasteiger partial charge >= 0.3 is 0 Å². The van der Waals surface area contributed by atoms with Crippen LogP contribution in [0.5, 0.6) is 0 Å². The fraction of sp³-hybridized carbons (Fsp3) is 0.550. The first-order valence-electron chi connectivity index (χ1n) is 8.51. The predicted octanol–water partition coefficient (Wildman–Crippen LogP) is 5.49. The normalized spacial score (nSPS) is 11.0. The largest absolute Gasteiger partial charge is 0.266 e. The van der Waals surface area contributed by atoms with Crippen molar-refractivity contribution in [1.29, 1.82) is 0 Å². The maximum absolute atomic E-state index is 4.93. The standard InChI is InChI=1S/C20H30N2.Pd/c1-9-17-20(18(10-2)22(21-17)12(3)4)19-15(7)13(5)11-14(6)16(19)8;/h11-12H,9-10H2,1-8H3;. The minimum absolute atomic E-state index is 0. The molecule has 0 aliphatic rings. The summed E-state index contributed by atoms with van der Waals surface area (Å²) in [6, 6.07) is 2.71. The van der Waals surface area contributed by atoms with Crippen molar-refractivity contribution >= 4 is 0 Å². The number of nitrogens with zero attached hydrogens (tertiary/aromatic N) is 2. The third-order valence-electron chi connectivity index (χ3n) is 4.86. The number of aromatic nitrogens is 2. The zero-order chi connectivity index (χ0) is 16.6. The van der Waals surface area contributed by atoms with E-state index in [1.165, 1.54) is 44.8 Å². The summed E-state index contributed by atoms with van der Waals surface area (Å²) in [6.07, 6.45) is 2.00. The minimum Gasteiger partial charge on any atom is -0.266 e. The van der Waals surface area contributed by atoms with E-state index in [-0.39, 0.29) is 20.4 Å². The summed E-state index contributed by atoms with van der Waals surface area (Å²) < 4.78 is 2.23. The molecule has 0 radical (unpaired) electrons. The molecule has 2 nitrogen and oxygen atoms in total. The Bertz CT molecular complexity index is 670. The second kappa shape index (κ2) is 7.78. The van der Waals surface area contributed by atoms with Crippen molar-refractivity contribution in [1.82, 2.24) is 9.78 Å². The van der Waals surface area contributed by atoms with E-state index in [2.05, 4.69) is 66.1 Å². The van der Waals surface area contributed by atoms with Gasteiger partial charge in [-0.2, -0.15) is 5.10 Å². The van der Waals surface area contributed by atoms with Crippen LogP contribution in [0.1, 0.15) is 67.4 Å². The SMILES string of the molecule is CCc1nn(C(C)C)c(CC)c1-c1c(C)c(C)cc(C)c1C.[Pd]. The Morgan fingerprint density at radius 2 is 1.43 bits per heavy atom. The van der Waals surface area contributed by atoms with E-state index in [1.807, 2.05) is 0 Å². The summed E-state index contributed by atoms with van der Waals surface area (Å²) in [5, 5.41) is 4.93. The summed E-state index contributed by atoms with van der Waals surface area (Å²) in [5.41, 5.74) is 11.0. The molecular formula is C20H30N2Pd. The van der Waals surface area contributed by atoms with Crippen molar-refractivity contribution < 1.29 is 20.4 Å². The van der Waals surface area contributed by atoms with Gasteiger partial charge in [0.15, 0.2) is 0 Å². The number of rotatable bonds is 4. The molecule has 0 unspecified atom stereocenters. The zero-order valence-electron chi connectivity index (χ0n) is 15.8. The minimum atomic E-state index is 0. The third-order valence-corrected chi connectivity index (χ3v) is 4.86.